The van der Waals surface area contributed by atoms with Crippen molar-refractivity contribution < 1.29 is 18.2 Å². The molecule has 0 amide bonds. The van der Waals surface area contributed by atoms with Crippen LogP contribution in [-0.2, 0) is 5.41 Å². The number of rotatable bonds is 0. The number of terminal acetylenes is 2. The molecular formula is C16H16F4. The first-order valence-corrected chi connectivity index (χ1v) is 5.19. The molecule has 0 spiro atoms. The quantitative estimate of drug-likeness (QED) is 0.502. The first kappa shape index (κ1) is 22.8. The summed E-state index contributed by atoms with van der Waals surface area (Å²) in [7, 11) is 0. The lowest BCUT2D eigenvalue weighted by molar-refractivity contribution is 0.545. The first-order valence-electron chi connectivity index (χ1n) is 5.19. The molecule has 4 heteroatoms. The molecule has 0 radical (unpaired) electrons. The van der Waals surface area contributed by atoms with E-state index < -0.39 is 11.6 Å². The topological polar surface area (TPSA) is 0 Å². The zero-order valence-electron chi connectivity index (χ0n) is 11.5. The van der Waals surface area contributed by atoms with Crippen molar-refractivity contribution in [3.8, 4) is 36.5 Å². The molecule has 0 atom stereocenters. The highest BCUT2D eigenvalue weighted by molar-refractivity contribution is 5.31. The smallest absolute Gasteiger partial charge is 0.126 e. The minimum absolute atomic E-state index is 0. The van der Waals surface area contributed by atoms with Crippen LogP contribution in [0, 0.1) is 48.2 Å². The predicted molar refractivity (Wildman–Crippen MR) is 75.5 cm³/mol. The number of hydrogen-bond donors (Lipinski definition) is 0. The van der Waals surface area contributed by atoms with E-state index in [1.54, 1.807) is 0 Å². The molecule has 1 aromatic carbocycles. The van der Waals surface area contributed by atoms with Gasteiger partial charge in [-0.2, -0.15) is 0 Å². The van der Waals surface area contributed by atoms with Crippen LogP contribution in [0.2, 0.25) is 0 Å². The summed E-state index contributed by atoms with van der Waals surface area (Å²) in [5, 5.41) is 0. The number of benzene rings is 1. The lowest BCUT2D eigenvalue weighted by atomic mass is 9.87. The molecule has 108 valence electrons. The van der Waals surface area contributed by atoms with Crippen LogP contribution in [-0.4, -0.2) is 0 Å². The van der Waals surface area contributed by atoms with Crippen LogP contribution in [0.3, 0.4) is 0 Å². The Bertz CT molecular complexity index is 505. The van der Waals surface area contributed by atoms with E-state index in [2.05, 4.69) is 23.7 Å². The van der Waals surface area contributed by atoms with E-state index in [9.17, 15) is 8.78 Å². The van der Waals surface area contributed by atoms with Crippen molar-refractivity contribution in [1.82, 2.24) is 0 Å². The molecule has 1 aromatic rings. The molecule has 1 rings (SSSR count). The van der Waals surface area contributed by atoms with E-state index in [4.69, 9.17) is 12.8 Å². The zero-order valence-corrected chi connectivity index (χ0v) is 11.5. The second-order valence-corrected chi connectivity index (χ2v) is 4.45. The molecule has 0 fully saturated rings. The average molecular weight is 284 g/mol. The van der Waals surface area contributed by atoms with E-state index in [1.165, 1.54) is 12.1 Å². The second-order valence-electron chi connectivity index (χ2n) is 4.45. The molecular weight excluding hydrogens is 268 g/mol. The molecule has 0 unspecified atom stereocenters. The fourth-order valence-electron chi connectivity index (χ4n) is 1.06. The fraction of sp³-hybridized carbons (Fsp3) is 0.250. The third-order valence-corrected chi connectivity index (χ3v) is 1.94. The van der Waals surface area contributed by atoms with Crippen LogP contribution in [0.5, 0.6) is 0 Å². The summed E-state index contributed by atoms with van der Waals surface area (Å²) in [4.78, 5) is 0. The minimum Gasteiger partial charge on any atom is -0.269 e. The summed E-state index contributed by atoms with van der Waals surface area (Å²) >= 11 is 0. The van der Waals surface area contributed by atoms with Crippen molar-refractivity contribution in [3.63, 3.8) is 0 Å². The SMILES string of the molecule is C#CC#CC#C.CC(C)(C)c1cc(F)cc(F)c1.F.F. The van der Waals surface area contributed by atoms with Crippen LogP contribution in [0.4, 0.5) is 18.2 Å². The molecule has 0 aliphatic heterocycles. The first-order chi connectivity index (χ1) is 8.31. The van der Waals surface area contributed by atoms with Gasteiger partial charge >= 0.3 is 0 Å². The highest BCUT2D eigenvalue weighted by Gasteiger charge is 2.15. The molecule has 0 aliphatic rings. The van der Waals surface area contributed by atoms with Crippen LogP contribution in [0.1, 0.15) is 26.3 Å². The lowest BCUT2D eigenvalue weighted by Crippen LogP contribution is -2.11. The van der Waals surface area contributed by atoms with Gasteiger partial charge in [0, 0.05) is 6.07 Å². The molecule has 0 heterocycles. The zero-order chi connectivity index (χ0) is 14.2. The van der Waals surface area contributed by atoms with E-state index in [0.29, 0.717) is 5.56 Å². The lowest BCUT2D eigenvalue weighted by Gasteiger charge is -2.18. The molecule has 0 N–H and O–H groups in total. The van der Waals surface area contributed by atoms with E-state index >= 15 is 0 Å². The van der Waals surface area contributed by atoms with Gasteiger partial charge in [0.2, 0.25) is 0 Å². The molecule has 0 nitrogen and oxygen atoms in total. The van der Waals surface area contributed by atoms with Gasteiger partial charge in [0.1, 0.15) is 11.6 Å². The average Bonchev–Trinajstić information content (AvgIpc) is 2.24. The molecule has 0 aliphatic carbocycles. The largest absolute Gasteiger partial charge is 0.269 e. The van der Waals surface area contributed by atoms with Gasteiger partial charge in [-0.1, -0.05) is 20.8 Å². The van der Waals surface area contributed by atoms with Crippen molar-refractivity contribution in [2.45, 2.75) is 26.2 Å². The fourth-order valence-corrected chi connectivity index (χ4v) is 1.06. The van der Waals surface area contributed by atoms with Gasteiger partial charge in [-0.05, 0) is 46.8 Å². The highest BCUT2D eigenvalue weighted by atomic mass is 19.1. The van der Waals surface area contributed by atoms with Crippen molar-refractivity contribution in [3.05, 3.63) is 35.4 Å². The van der Waals surface area contributed by atoms with Crippen LogP contribution < -0.4 is 0 Å². The van der Waals surface area contributed by atoms with E-state index in [-0.39, 0.29) is 14.8 Å². The van der Waals surface area contributed by atoms with Gasteiger partial charge in [-0.25, -0.2) is 8.78 Å². The summed E-state index contributed by atoms with van der Waals surface area (Å²) in [6.07, 6.45) is 9.39. The van der Waals surface area contributed by atoms with Crippen molar-refractivity contribution in [2.24, 2.45) is 0 Å². The van der Waals surface area contributed by atoms with Gasteiger partial charge in [-0.15, -0.1) is 12.8 Å². The Morgan fingerprint density at radius 1 is 0.850 bits per heavy atom. The predicted octanol–water partition coefficient (Wildman–Crippen LogP) is 3.82. The highest BCUT2D eigenvalue weighted by Crippen LogP contribution is 2.23. The number of halogens is 4. The maximum Gasteiger partial charge on any atom is 0.126 e. The Labute approximate surface area is 117 Å². The Hall–Kier alpha value is -2.38. The third kappa shape index (κ3) is 9.63. The Kier molecular flexibility index (Phi) is 12.0. The van der Waals surface area contributed by atoms with Crippen LogP contribution in [0.25, 0.3) is 0 Å². The van der Waals surface area contributed by atoms with E-state index in [0.717, 1.165) is 6.07 Å². The summed E-state index contributed by atoms with van der Waals surface area (Å²) < 4.78 is 25.4. The van der Waals surface area contributed by atoms with Crippen LogP contribution >= 0.6 is 0 Å². The van der Waals surface area contributed by atoms with Gasteiger partial charge < -0.3 is 0 Å². The standard InChI is InChI=1S/C10H12F2.C6H2.2FH/c1-10(2,3)7-4-8(11)6-9(12)5-7;1-3-5-6-4-2;;/h4-6H,1-3H3;1-2H;2*1H. The third-order valence-electron chi connectivity index (χ3n) is 1.94. The molecule has 0 bridgehead atoms. The minimum atomic E-state index is -0.514. The summed E-state index contributed by atoms with van der Waals surface area (Å²) in [5.41, 5.74) is 0.475. The van der Waals surface area contributed by atoms with Crippen molar-refractivity contribution in [2.75, 3.05) is 0 Å². The Balaban J connectivity index is -0.000000316. The Morgan fingerprint density at radius 3 is 1.45 bits per heavy atom. The second kappa shape index (κ2) is 10.5. The van der Waals surface area contributed by atoms with Gasteiger partial charge in [0.25, 0.3) is 0 Å². The normalized spacial score (nSPS) is 7.95. The van der Waals surface area contributed by atoms with Crippen LogP contribution in [0.15, 0.2) is 18.2 Å². The summed E-state index contributed by atoms with van der Waals surface area (Å²) in [6.45, 7) is 5.75. The van der Waals surface area contributed by atoms with Gasteiger partial charge in [-0.3, -0.25) is 9.41 Å². The molecule has 0 saturated heterocycles. The molecule has 20 heavy (non-hydrogen) atoms. The van der Waals surface area contributed by atoms with Crippen molar-refractivity contribution in [1.29, 1.82) is 0 Å². The maximum atomic E-state index is 12.7. The Morgan fingerprint density at radius 2 is 1.20 bits per heavy atom. The van der Waals surface area contributed by atoms with Gasteiger partial charge in [0.05, 0.1) is 0 Å². The summed E-state index contributed by atoms with van der Waals surface area (Å²) in [6, 6.07) is 3.61. The summed E-state index contributed by atoms with van der Waals surface area (Å²) in [5.74, 6) is 7.58. The number of hydrogen-bond acceptors (Lipinski definition) is 0. The monoisotopic (exact) mass is 284 g/mol. The van der Waals surface area contributed by atoms with E-state index in [1.807, 2.05) is 20.8 Å². The molecule has 0 aromatic heterocycles. The molecule has 0 saturated carbocycles. The maximum absolute atomic E-state index is 12.7. The van der Waals surface area contributed by atoms with Crippen molar-refractivity contribution >= 4 is 0 Å². The van der Waals surface area contributed by atoms with Gasteiger partial charge in [0.15, 0.2) is 0 Å².